The fourth-order valence-electron chi connectivity index (χ4n) is 2.46. The summed E-state index contributed by atoms with van der Waals surface area (Å²) < 4.78 is 5.17. The quantitative estimate of drug-likeness (QED) is 0.895. The second-order valence-corrected chi connectivity index (χ2v) is 4.94. The standard InChI is InChI=1S/C16H17N3O2/c1-21-16-13(3-2-6-18-16)10-19-15(20)11-4-5-12-8-17-9-14(12)7-11/h2-7,17H,8-10H2,1H3,(H,19,20). The van der Waals surface area contributed by atoms with Crippen molar-refractivity contribution in [3.05, 3.63) is 58.8 Å². The molecule has 0 radical (unpaired) electrons. The Balaban J connectivity index is 1.69. The molecule has 0 aliphatic carbocycles. The van der Waals surface area contributed by atoms with Gasteiger partial charge in [0.1, 0.15) is 0 Å². The van der Waals surface area contributed by atoms with Crippen LogP contribution in [0, 0.1) is 0 Å². The molecule has 21 heavy (non-hydrogen) atoms. The van der Waals surface area contributed by atoms with Crippen LogP contribution < -0.4 is 15.4 Å². The van der Waals surface area contributed by atoms with E-state index in [-0.39, 0.29) is 5.91 Å². The van der Waals surface area contributed by atoms with Gasteiger partial charge < -0.3 is 15.4 Å². The van der Waals surface area contributed by atoms with E-state index in [1.807, 2.05) is 30.3 Å². The van der Waals surface area contributed by atoms with Crippen molar-refractivity contribution in [2.75, 3.05) is 7.11 Å². The van der Waals surface area contributed by atoms with E-state index >= 15 is 0 Å². The molecule has 0 saturated carbocycles. The number of methoxy groups -OCH3 is 1. The lowest BCUT2D eigenvalue weighted by Gasteiger charge is -2.09. The van der Waals surface area contributed by atoms with Crippen molar-refractivity contribution in [2.24, 2.45) is 0 Å². The van der Waals surface area contributed by atoms with Crippen LogP contribution in [0.2, 0.25) is 0 Å². The Morgan fingerprint density at radius 2 is 2.19 bits per heavy atom. The van der Waals surface area contributed by atoms with Crippen molar-refractivity contribution < 1.29 is 9.53 Å². The average Bonchev–Trinajstić information content (AvgIpc) is 3.00. The molecule has 108 valence electrons. The number of fused-ring (bicyclic) bond motifs is 1. The van der Waals surface area contributed by atoms with Crippen molar-refractivity contribution in [1.29, 1.82) is 0 Å². The predicted octanol–water partition coefficient (Wildman–Crippen LogP) is 1.62. The van der Waals surface area contributed by atoms with Gasteiger partial charge >= 0.3 is 0 Å². The summed E-state index contributed by atoms with van der Waals surface area (Å²) in [7, 11) is 1.57. The van der Waals surface area contributed by atoms with Gasteiger partial charge in [-0.25, -0.2) is 4.98 Å². The maximum absolute atomic E-state index is 12.2. The third-order valence-electron chi connectivity index (χ3n) is 3.58. The predicted molar refractivity (Wildman–Crippen MR) is 78.9 cm³/mol. The molecule has 1 aromatic heterocycles. The maximum atomic E-state index is 12.2. The fraction of sp³-hybridized carbons (Fsp3) is 0.250. The molecule has 0 atom stereocenters. The SMILES string of the molecule is COc1ncccc1CNC(=O)c1ccc2c(c1)CNC2. The molecule has 1 aliphatic heterocycles. The minimum Gasteiger partial charge on any atom is -0.481 e. The largest absolute Gasteiger partial charge is 0.481 e. The second-order valence-electron chi connectivity index (χ2n) is 4.94. The van der Waals surface area contributed by atoms with Gasteiger partial charge in [0.15, 0.2) is 0 Å². The molecule has 1 aromatic carbocycles. The summed E-state index contributed by atoms with van der Waals surface area (Å²) in [5.41, 5.74) is 4.00. The first-order chi connectivity index (χ1) is 10.3. The number of rotatable bonds is 4. The molecule has 2 aromatic rings. The lowest BCUT2D eigenvalue weighted by atomic mass is 10.1. The minimum atomic E-state index is -0.0874. The van der Waals surface area contributed by atoms with Crippen LogP contribution in [-0.2, 0) is 19.6 Å². The highest BCUT2D eigenvalue weighted by molar-refractivity contribution is 5.94. The number of amides is 1. The Hall–Kier alpha value is -2.40. The number of carbonyl (C=O) groups is 1. The first kappa shape index (κ1) is 13.6. The molecule has 0 fully saturated rings. The molecule has 5 nitrogen and oxygen atoms in total. The Labute approximate surface area is 123 Å². The van der Waals surface area contributed by atoms with Crippen molar-refractivity contribution in [3.63, 3.8) is 0 Å². The number of hydrogen-bond acceptors (Lipinski definition) is 4. The zero-order valence-electron chi connectivity index (χ0n) is 11.8. The molecule has 1 aliphatic rings. The third kappa shape index (κ3) is 2.87. The fourth-order valence-corrected chi connectivity index (χ4v) is 2.46. The lowest BCUT2D eigenvalue weighted by Crippen LogP contribution is -2.23. The summed E-state index contributed by atoms with van der Waals surface area (Å²) >= 11 is 0. The average molecular weight is 283 g/mol. The van der Waals surface area contributed by atoms with E-state index in [1.165, 1.54) is 11.1 Å². The number of nitrogens with one attached hydrogen (secondary N) is 2. The summed E-state index contributed by atoms with van der Waals surface area (Å²) in [6.07, 6.45) is 1.66. The van der Waals surface area contributed by atoms with Gasteiger partial charge in [-0.15, -0.1) is 0 Å². The second kappa shape index (κ2) is 5.93. The molecule has 3 rings (SSSR count). The number of nitrogens with zero attached hydrogens (tertiary/aromatic N) is 1. The van der Waals surface area contributed by atoms with Crippen molar-refractivity contribution in [3.8, 4) is 5.88 Å². The van der Waals surface area contributed by atoms with Gasteiger partial charge in [0.2, 0.25) is 5.88 Å². The molecule has 2 N–H and O–H groups in total. The van der Waals surface area contributed by atoms with Gasteiger partial charge in [-0.3, -0.25) is 4.79 Å². The highest BCUT2D eigenvalue weighted by Crippen LogP contribution is 2.17. The number of benzene rings is 1. The molecule has 0 bridgehead atoms. The number of pyridine rings is 1. The highest BCUT2D eigenvalue weighted by atomic mass is 16.5. The molecule has 2 heterocycles. The van der Waals surface area contributed by atoms with Crippen LogP contribution in [0.4, 0.5) is 0 Å². The van der Waals surface area contributed by atoms with E-state index in [1.54, 1.807) is 13.3 Å². The summed E-state index contributed by atoms with van der Waals surface area (Å²) in [6.45, 7) is 2.10. The number of aromatic nitrogens is 1. The Morgan fingerprint density at radius 1 is 1.33 bits per heavy atom. The number of carbonyl (C=O) groups excluding carboxylic acids is 1. The van der Waals surface area contributed by atoms with E-state index in [9.17, 15) is 4.79 Å². The Morgan fingerprint density at radius 3 is 3.05 bits per heavy atom. The van der Waals surface area contributed by atoms with Crippen LogP contribution in [0.3, 0.4) is 0 Å². The van der Waals surface area contributed by atoms with Crippen LogP contribution in [0.25, 0.3) is 0 Å². The van der Waals surface area contributed by atoms with E-state index in [0.717, 1.165) is 18.7 Å². The van der Waals surface area contributed by atoms with Gasteiger partial charge in [-0.2, -0.15) is 0 Å². The van der Waals surface area contributed by atoms with Crippen molar-refractivity contribution in [2.45, 2.75) is 19.6 Å². The molecule has 1 amide bonds. The first-order valence-corrected chi connectivity index (χ1v) is 6.86. The normalized spacial score (nSPS) is 12.8. The first-order valence-electron chi connectivity index (χ1n) is 6.86. The highest BCUT2D eigenvalue weighted by Gasteiger charge is 2.13. The third-order valence-corrected chi connectivity index (χ3v) is 3.58. The Bertz CT molecular complexity index is 670. The summed E-state index contributed by atoms with van der Waals surface area (Å²) in [5.74, 6) is 0.451. The van der Waals surface area contributed by atoms with E-state index in [0.29, 0.717) is 18.0 Å². The molecular formula is C16H17N3O2. The lowest BCUT2D eigenvalue weighted by molar-refractivity contribution is 0.0950. The van der Waals surface area contributed by atoms with E-state index in [4.69, 9.17) is 4.74 Å². The van der Waals surface area contributed by atoms with E-state index in [2.05, 4.69) is 15.6 Å². The minimum absolute atomic E-state index is 0.0874. The topological polar surface area (TPSA) is 63.2 Å². The van der Waals surface area contributed by atoms with Gasteiger partial charge in [-0.05, 0) is 29.3 Å². The van der Waals surface area contributed by atoms with Crippen LogP contribution in [0.1, 0.15) is 27.0 Å². The van der Waals surface area contributed by atoms with E-state index < -0.39 is 0 Å². The molecule has 0 saturated heterocycles. The molecule has 0 unspecified atom stereocenters. The molecule has 5 heteroatoms. The van der Waals surface area contributed by atoms with Crippen LogP contribution in [-0.4, -0.2) is 18.0 Å². The van der Waals surface area contributed by atoms with Crippen LogP contribution in [0.15, 0.2) is 36.5 Å². The molecule has 0 spiro atoms. The summed E-state index contributed by atoms with van der Waals surface area (Å²) in [6, 6.07) is 9.53. The van der Waals surface area contributed by atoms with Crippen molar-refractivity contribution >= 4 is 5.91 Å². The summed E-state index contributed by atoms with van der Waals surface area (Å²) in [5, 5.41) is 6.17. The maximum Gasteiger partial charge on any atom is 0.251 e. The van der Waals surface area contributed by atoms with Crippen LogP contribution >= 0.6 is 0 Å². The smallest absolute Gasteiger partial charge is 0.251 e. The Kier molecular flexibility index (Phi) is 3.83. The van der Waals surface area contributed by atoms with Gasteiger partial charge in [0.05, 0.1) is 7.11 Å². The zero-order chi connectivity index (χ0) is 14.7. The van der Waals surface area contributed by atoms with Crippen molar-refractivity contribution in [1.82, 2.24) is 15.6 Å². The van der Waals surface area contributed by atoms with Gasteiger partial charge in [-0.1, -0.05) is 12.1 Å². The molecular weight excluding hydrogens is 266 g/mol. The number of ether oxygens (including phenoxy) is 1. The zero-order valence-corrected chi connectivity index (χ0v) is 11.8. The van der Waals surface area contributed by atoms with Gasteiger partial charge in [0.25, 0.3) is 5.91 Å². The van der Waals surface area contributed by atoms with Crippen LogP contribution in [0.5, 0.6) is 5.88 Å². The van der Waals surface area contributed by atoms with Gasteiger partial charge in [0, 0.05) is 37.0 Å². The number of hydrogen-bond donors (Lipinski definition) is 2. The monoisotopic (exact) mass is 283 g/mol. The summed E-state index contributed by atoms with van der Waals surface area (Å²) in [4.78, 5) is 16.3.